The molecule has 0 unspecified atom stereocenters. The summed E-state index contributed by atoms with van der Waals surface area (Å²) in [6, 6.07) is 13.1. The molecule has 0 bridgehead atoms. The van der Waals surface area contributed by atoms with Crippen LogP contribution in [-0.2, 0) is 0 Å². The molecular formula is C17H15ClN2O. The SMILES string of the molecule is Cc1cc(Oc2cc(Cl)ccc2C)c2cc(N)ccc2n1. The second-order valence-electron chi connectivity index (χ2n) is 5.05. The van der Waals surface area contributed by atoms with Crippen molar-refractivity contribution in [2.45, 2.75) is 13.8 Å². The Morgan fingerprint density at radius 3 is 2.62 bits per heavy atom. The molecule has 4 heteroatoms. The van der Waals surface area contributed by atoms with E-state index in [9.17, 15) is 0 Å². The first kappa shape index (κ1) is 13.7. The van der Waals surface area contributed by atoms with Crippen LogP contribution in [0.25, 0.3) is 10.9 Å². The van der Waals surface area contributed by atoms with E-state index in [0.29, 0.717) is 10.7 Å². The average molecular weight is 299 g/mol. The van der Waals surface area contributed by atoms with Crippen molar-refractivity contribution in [2.24, 2.45) is 0 Å². The summed E-state index contributed by atoms with van der Waals surface area (Å²) < 4.78 is 6.06. The highest BCUT2D eigenvalue weighted by molar-refractivity contribution is 6.30. The van der Waals surface area contributed by atoms with Crippen molar-refractivity contribution in [3.8, 4) is 11.5 Å². The van der Waals surface area contributed by atoms with Crippen LogP contribution in [0.3, 0.4) is 0 Å². The van der Waals surface area contributed by atoms with Crippen molar-refractivity contribution in [2.75, 3.05) is 5.73 Å². The van der Waals surface area contributed by atoms with Gasteiger partial charge in [-0.3, -0.25) is 4.98 Å². The largest absolute Gasteiger partial charge is 0.456 e. The minimum Gasteiger partial charge on any atom is -0.456 e. The summed E-state index contributed by atoms with van der Waals surface area (Å²) in [5.74, 6) is 1.46. The molecule has 2 N–H and O–H groups in total. The van der Waals surface area contributed by atoms with E-state index in [2.05, 4.69) is 4.98 Å². The molecule has 0 amide bonds. The molecule has 1 heterocycles. The summed E-state index contributed by atoms with van der Waals surface area (Å²) in [7, 11) is 0. The molecule has 0 radical (unpaired) electrons. The van der Waals surface area contributed by atoms with Gasteiger partial charge in [-0.05, 0) is 49.7 Å². The van der Waals surface area contributed by atoms with Crippen molar-refractivity contribution in [3.63, 3.8) is 0 Å². The van der Waals surface area contributed by atoms with Crippen LogP contribution < -0.4 is 10.5 Å². The Hall–Kier alpha value is -2.26. The zero-order chi connectivity index (χ0) is 15.0. The molecule has 0 aliphatic heterocycles. The van der Waals surface area contributed by atoms with E-state index in [1.807, 2.05) is 56.3 Å². The first-order chi connectivity index (χ1) is 10.0. The number of rotatable bonds is 2. The molecule has 106 valence electrons. The number of hydrogen-bond donors (Lipinski definition) is 1. The number of aryl methyl sites for hydroxylation is 2. The second kappa shape index (κ2) is 5.26. The van der Waals surface area contributed by atoms with Crippen LogP contribution in [0.1, 0.15) is 11.3 Å². The van der Waals surface area contributed by atoms with Gasteiger partial charge >= 0.3 is 0 Å². The third kappa shape index (κ3) is 2.78. The van der Waals surface area contributed by atoms with E-state index in [4.69, 9.17) is 22.1 Å². The summed E-state index contributed by atoms with van der Waals surface area (Å²) >= 11 is 6.05. The minimum atomic E-state index is 0.644. The van der Waals surface area contributed by atoms with Gasteiger partial charge in [-0.2, -0.15) is 0 Å². The van der Waals surface area contributed by atoms with Crippen LogP contribution in [0, 0.1) is 13.8 Å². The molecule has 0 aliphatic rings. The maximum atomic E-state index is 6.06. The summed E-state index contributed by atoms with van der Waals surface area (Å²) in [6.45, 7) is 3.92. The number of nitrogens with zero attached hydrogens (tertiary/aromatic N) is 1. The number of ether oxygens (including phenoxy) is 1. The van der Waals surface area contributed by atoms with Crippen molar-refractivity contribution in [1.29, 1.82) is 0 Å². The van der Waals surface area contributed by atoms with Crippen molar-refractivity contribution < 1.29 is 4.74 Å². The molecule has 0 fully saturated rings. The minimum absolute atomic E-state index is 0.644. The van der Waals surface area contributed by atoms with Crippen molar-refractivity contribution >= 4 is 28.2 Å². The lowest BCUT2D eigenvalue weighted by Crippen LogP contribution is -1.93. The van der Waals surface area contributed by atoms with E-state index in [1.165, 1.54) is 0 Å². The molecule has 0 atom stereocenters. The van der Waals surface area contributed by atoms with Gasteiger partial charge in [0.1, 0.15) is 11.5 Å². The Bertz CT molecular complexity index is 830. The molecule has 2 aromatic carbocycles. The molecule has 0 aliphatic carbocycles. The quantitative estimate of drug-likeness (QED) is 0.686. The number of nitrogens with two attached hydrogens (primary N) is 1. The number of hydrogen-bond acceptors (Lipinski definition) is 3. The molecule has 0 saturated heterocycles. The standard InChI is InChI=1S/C17H15ClN2O/c1-10-3-4-12(18)8-16(10)21-17-7-11(2)20-15-6-5-13(19)9-14(15)17/h3-9H,19H2,1-2H3. The second-order valence-corrected chi connectivity index (χ2v) is 5.49. The van der Waals surface area contributed by atoms with E-state index in [1.54, 1.807) is 0 Å². The van der Waals surface area contributed by atoms with Gasteiger partial charge in [0.05, 0.1) is 5.52 Å². The molecule has 0 saturated carbocycles. The van der Waals surface area contributed by atoms with E-state index in [0.717, 1.165) is 33.7 Å². The average Bonchev–Trinajstić information content (AvgIpc) is 2.43. The maximum absolute atomic E-state index is 6.06. The van der Waals surface area contributed by atoms with Crippen LogP contribution >= 0.6 is 11.6 Å². The summed E-state index contributed by atoms with van der Waals surface area (Å²) in [4.78, 5) is 4.50. The predicted molar refractivity (Wildman–Crippen MR) is 87.2 cm³/mol. The van der Waals surface area contributed by atoms with Crippen LogP contribution in [0.5, 0.6) is 11.5 Å². The number of halogens is 1. The number of fused-ring (bicyclic) bond motifs is 1. The van der Waals surface area contributed by atoms with E-state index < -0.39 is 0 Å². The van der Waals surface area contributed by atoms with Crippen LogP contribution in [0.15, 0.2) is 42.5 Å². The fourth-order valence-electron chi connectivity index (χ4n) is 2.23. The smallest absolute Gasteiger partial charge is 0.138 e. The van der Waals surface area contributed by atoms with Gasteiger partial charge in [0.25, 0.3) is 0 Å². The molecule has 3 aromatic rings. The topological polar surface area (TPSA) is 48.1 Å². The molecular weight excluding hydrogens is 284 g/mol. The normalized spacial score (nSPS) is 10.8. The maximum Gasteiger partial charge on any atom is 0.138 e. The molecule has 21 heavy (non-hydrogen) atoms. The highest BCUT2D eigenvalue weighted by atomic mass is 35.5. The van der Waals surface area contributed by atoms with Gasteiger partial charge in [-0.1, -0.05) is 17.7 Å². The van der Waals surface area contributed by atoms with Crippen molar-refractivity contribution in [1.82, 2.24) is 4.98 Å². The van der Waals surface area contributed by atoms with Gasteiger partial charge in [-0.15, -0.1) is 0 Å². The zero-order valence-corrected chi connectivity index (χ0v) is 12.6. The molecule has 3 nitrogen and oxygen atoms in total. The highest BCUT2D eigenvalue weighted by Crippen LogP contribution is 2.33. The van der Waals surface area contributed by atoms with Gasteiger partial charge in [0.15, 0.2) is 0 Å². The molecule has 0 spiro atoms. The highest BCUT2D eigenvalue weighted by Gasteiger charge is 2.09. The fourth-order valence-corrected chi connectivity index (χ4v) is 2.39. The Morgan fingerprint density at radius 1 is 1.00 bits per heavy atom. The third-order valence-electron chi connectivity index (χ3n) is 3.29. The lowest BCUT2D eigenvalue weighted by molar-refractivity contribution is 0.483. The van der Waals surface area contributed by atoms with E-state index >= 15 is 0 Å². The number of pyridine rings is 1. The summed E-state index contributed by atoms with van der Waals surface area (Å²) in [5.41, 5.74) is 9.33. The van der Waals surface area contributed by atoms with E-state index in [-0.39, 0.29) is 0 Å². The summed E-state index contributed by atoms with van der Waals surface area (Å²) in [5, 5.41) is 1.53. The first-order valence-electron chi connectivity index (χ1n) is 6.64. The van der Waals surface area contributed by atoms with Gasteiger partial charge < -0.3 is 10.5 Å². The predicted octanol–water partition coefficient (Wildman–Crippen LogP) is 4.88. The van der Waals surface area contributed by atoms with Gasteiger partial charge in [0.2, 0.25) is 0 Å². The van der Waals surface area contributed by atoms with Gasteiger partial charge in [0, 0.05) is 27.9 Å². The number of nitrogen functional groups attached to an aromatic ring is 1. The Labute approximate surface area is 128 Å². The van der Waals surface area contributed by atoms with Crippen molar-refractivity contribution in [3.05, 3.63) is 58.7 Å². The van der Waals surface area contributed by atoms with Gasteiger partial charge in [-0.25, -0.2) is 0 Å². The molecule has 3 rings (SSSR count). The van der Waals surface area contributed by atoms with Crippen LogP contribution in [0.2, 0.25) is 5.02 Å². The lowest BCUT2D eigenvalue weighted by atomic mass is 10.1. The number of anilines is 1. The number of benzene rings is 2. The summed E-state index contributed by atoms with van der Waals surface area (Å²) in [6.07, 6.45) is 0. The zero-order valence-electron chi connectivity index (χ0n) is 11.9. The third-order valence-corrected chi connectivity index (χ3v) is 3.53. The molecule has 1 aromatic heterocycles. The number of aromatic nitrogens is 1. The van der Waals surface area contributed by atoms with Crippen LogP contribution in [-0.4, -0.2) is 4.98 Å². The first-order valence-corrected chi connectivity index (χ1v) is 7.01. The Balaban J connectivity index is 2.15. The van der Waals surface area contributed by atoms with Crippen LogP contribution in [0.4, 0.5) is 5.69 Å². The monoisotopic (exact) mass is 298 g/mol. The Kier molecular flexibility index (Phi) is 3.43. The lowest BCUT2D eigenvalue weighted by Gasteiger charge is -2.12. The Morgan fingerprint density at radius 2 is 1.81 bits per heavy atom. The fraction of sp³-hybridized carbons (Fsp3) is 0.118.